The molecule has 0 amide bonds. The van der Waals surface area contributed by atoms with Crippen LogP contribution in [0, 0.1) is 0 Å². The Morgan fingerprint density at radius 1 is 0.958 bits per heavy atom. The molecule has 0 saturated carbocycles. The van der Waals surface area contributed by atoms with Gasteiger partial charge in [-0.2, -0.15) is 16.8 Å². The maximum atomic E-state index is 11.4. The van der Waals surface area contributed by atoms with Gasteiger partial charge in [0.25, 0.3) is 20.2 Å². The van der Waals surface area contributed by atoms with Crippen molar-refractivity contribution in [3.8, 4) is 5.75 Å². The minimum atomic E-state index is -4.64. The quantitative estimate of drug-likeness (QED) is 0.385. The van der Waals surface area contributed by atoms with E-state index in [1.807, 2.05) is 0 Å². The molecule has 2 rings (SSSR count). The van der Waals surface area contributed by atoms with E-state index in [4.69, 9.17) is 9.66 Å². The summed E-state index contributed by atoms with van der Waals surface area (Å²) in [5.41, 5.74) is 0.0672. The molecule has 0 aromatic heterocycles. The zero-order valence-corrected chi connectivity index (χ0v) is 13.5. The van der Waals surface area contributed by atoms with Crippen LogP contribution in [-0.4, -0.2) is 42.7 Å². The van der Waals surface area contributed by atoms with Crippen molar-refractivity contribution in [2.45, 2.75) is 9.79 Å². The molecular weight excluding hydrogens is 362 g/mol. The summed E-state index contributed by atoms with van der Waals surface area (Å²) in [6.45, 7) is 0.0556. The Balaban J connectivity index is 2.82. The van der Waals surface area contributed by atoms with E-state index in [2.05, 4.69) is 5.32 Å². The van der Waals surface area contributed by atoms with Crippen LogP contribution in [0.25, 0.3) is 10.8 Å². The number of fused-ring (bicyclic) bond motifs is 1. The lowest BCUT2D eigenvalue weighted by Gasteiger charge is -2.13. The summed E-state index contributed by atoms with van der Waals surface area (Å²) < 4.78 is 63.5. The summed E-state index contributed by atoms with van der Waals surface area (Å²) in [6.07, 6.45) is 2.04. The van der Waals surface area contributed by atoms with Crippen molar-refractivity contribution in [3.05, 3.63) is 36.6 Å². The van der Waals surface area contributed by atoms with Gasteiger partial charge in [0.1, 0.15) is 5.75 Å². The first-order valence-corrected chi connectivity index (χ1v) is 9.21. The molecule has 2 aromatic carbocycles. The van der Waals surface area contributed by atoms with Gasteiger partial charge in [0.2, 0.25) is 0 Å². The molecule has 0 heterocycles. The fourth-order valence-corrected chi connectivity index (χ4v) is 3.18. The zero-order valence-electron chi connectivity index (χ0n) is 11.9. The van der Waals surface area contributed by atoms with Crippen LogP contribution >= 0.6 is 0 Å². The lowest BCUT2D eigenvalue weighted by molar-refractivity contribution is 0.470. The van der Waals surface area contributed by atoms with E-state index < -0.39 is 35.8 Å². The van der Waals surface area contributed by atoms with Crippen molar-refractivity contribution in [2.24, 2.45) is 0 Å². The van der Waals surface area contributed by atoms with Crippen molar-refractivity contribution in [3.63, 3.8) is 0 Å². The van der Waals surface area contributed by atoms with Crippen LogP contribution in [0.15, 0.2) is 46.4 Å². The molecule has 0 radical (unpaired) electrons. The van der Waals surface area contributed by atoms with Crippen molar-refractivity contribution in [1.82, 2.24) is 0 Å². The molecule has 5 N–H and O–H groups in total. The maximum absolute atomic E-state index is 11.4. The highest BCUT2D eigenvalue weighted by Crippen LogP contribution is 2.36. The number of phenolic OH excluding ortho intramolecular Hbond substituents is 1. The van der Waals surface area contributed by atoms with Crippen LogP contribution < -0.4 is 5.32 Å². The Labute approximate surface area is 137 Å². The summed E-state index contributed by atoms with van der Waals surface area (Å²) in [7, 11) is -9.24. The molecule has 0 fully saturated rings. The third-order valence-electron chi connectivity index (χ3n) is 3.09. The average molecular weight is 375 g/mol. The second kappa shape index (κ2) is 6.28. The monoisotopic (exact) mass is 375 g/mol. The Kier molecular flexibility index (Phi) is 4.71. The minimum absolute atomic E-state index is 0.0479. The molecule has 11 heteroatoms. The molecule has 9 nitrogen and oxygen atoms in total. The zero-order chi connectivity index (χ0) is 18.1. The standard InChI is InChI=1S/C13H13NO8S2/c15-3-1-2-14-11-6-9(23(17,18)19)4-8-5-10(24(20,21)22)7-12(16)13(8)11/h1,3-7,14-16H,2H2,(H,17,18,19)(H,20,21,22). The van der Waals surface area contributed by atoms with Gasteiger partial charge >= 0.3 is 0 Å². The van der Waals surface area contributed by atoms with Gasteiger partial charge in [0.05, 0.1) is 16.1 Å². The first-order chi connectivity index (χ1) is 11.0. The van der Waals surface area contributed by atoms with E-state index in [9.17, 15) is 26.5 Å². The molecule has 0 aliphatic heterocycles. The number of nitrogens with one attached hydrogen (secondary N) is 1. The first kappa shape index (κ1) is 18.0. The van der Waals surface area contributed by atoms with E-state index in [-0.39, 0.29) is 23.0 Å². The Bertz CT molecular complexity index is 1020. The van der Waals surface area contributed by atoms with Crippen molar-refractivity contribution in [2.75, 3.05) is 11.9 Å². The van der Waals surface area contributed by atoms with Gasteiger partial charge in [0, 0.05) is 23.7 Å². The minimum Gasteiger partial charge on any atom is -0.516 e. The van der Waals surface area contributed by atoms with Gasteiger partial charge < -0.3 is 15.5 Å². The van der Waals surface area contributed by atoms with Gasteiger partial charge in [-0.3, -0.25) is 9.11 Å². The summed E-state index contributed by atoms with van der Waals surface area (Å²) in [4.78, 5) is -1.18. The third-order valence-corrected chi connectivity index (χ3v) is 4.75. The van der Waals surface area contributed by atoms with Gasteiger partial charge in [-0.15, -0.1) is 0 Å². The van der Waals surface area contributed by atoms with Crippen LogP contribution in [0.5, 0.6) is 5.75 Å². The normalized spacial score (nSPS) is 12.8. The van der Waals surface area contributed by atoms with Crippen LogP contribution in [0.3, 0.4) is 0 Å². The van der Waals surface area contributed by atoms with Gasteiger partial charge in [-0.1, -0.05) is 0 Å². The molecule has 24 heavy (non-hydrogen) atoms. The molecule has 2 aromatic rings. The number of hydrogen-bond donors (Lipinski definition) is 5. The predicted octanol–water partition coefficient (Wildman–Crippen LogP) is 1.52. The Hall–Kier alpha value is -2.34. The number of anilines is 1. The molecule has 130 valence electrons. The van der Waals surface area contributed by atoms with Gasteiger partial charge in [0.15, 0.2) is 0 Å². The predicted molar refractivity (Wildman–Crippen MR) is 85.5 cm³/mol. The summed E-state index contributed by atoms with van der Waals surface area (Å²) >= 11 is 0. The number of aromatic hydroxyl groups is 1. The molecular formula is C13H13NO8S2. The lowest BCUT2D eigenvalue weighted by Crippen LogP contribution is -2.04. The Morgan fingerprint density at radius 2 is 1.50 bits per heavy atom. The largest absolute Gasteiger partial charge is 0.516 e. The molecule has 0 atom stereocenters. The van der Waals surface area contributed by atoms with Crippen LogP contribution in [0.1, 0.15) is 0 Å². The van der Waals surface area contributed by atoms with Crippen LogP contribution in [0.2, 0.25) is 0 Å². The highest BCUT2D eigenvalue weighted by atomic mass is 32.2. The first-order valence-electron chi connectivity index (χ1n) is 6.33. The molecule has 0 bridgehead atoms. The van der Waals surface area contributed by atoms with Gasteiger partial charge in [-0.05, 0) is 29.7 Å². The molecule has 0 spiro atoms. The summed E-state index contributed by atoms with van der Waals surface area (Å²) in [5, 5.41) is 21.4. The van der Waals surface area contributed by atoms with E-state index in [1.54, 1.807) is 0 Å². The van der Waals surface area contributed by atoms with E-state index >= 15 is 0 Å². The smallest absolute Gasteiger partial charge is 0.294 e. The lowest BCUT2D eigenvalue weighted by atomic mass is 10.1. The van der Waals surface area contributed by atoms with Crippen LogP contribution in [-0.2, 0) is 20.2 Å². The van der Waals surface area contributed by atoms with E-state index in [0.717, 1.165) is 30.5 Å². The second-order valence-electron chi connectivity index (χ2n) is 4.73. The average Bonchev–Trinajstić information content (AvgIpc) is 2.44. The molecule has 0 unspecified atom stereocenters. The topological polar surface area (TPSA) is 161 Å². The van der Waals surface area contributed by atoms with E-state index in [0.29, 0.717) is 0 Å². The van der Waals surface area contributed by atoms with Crippen molar-refractivity contribution < 1.29 is 36.2 Å². The van der Waals surface area contributed by atoms with Gasteiger partial charge in [-0.25, -0.2) is 0 Å². The van der Waals surface area contributed by atoms with Crippen LogP contribution in [0.4, 0.5) is 5.69 Å². The number of phenols is 1. The number of benzene rings is 2. The second-order valence-corrected chi connectivity index (χ2v) is 7.57. The highest BCUT2D eigenvalue weighted by Gasteiger charge is 2.19. The van der Waals surface area contributed by atoms with Crippen molar-refractivity contribution in [1.29, 1.82) is 0 Å². The Morgan fingerprint density at radius 3 is 2.00 bits per heavy atom. The fraction of sp³-hybridized carbons (Fsp3) is 0.0769. The number of aliphatic hydroxyl groups excluding tert-OH is 1. The molecule has 0 aliphatic rings. The summed E-state index contributed by atoms with van der Waals surface area (Å²) in [6, 6.07) is 3.74. The fourth-order valence-electron chi connectivity index (χ4n) is 2.10. The molecule has 0 saturated heterocycles. The maximum Gasteiger partial charge on any atom is 0.294 e. The third kappa shape index (κ3) is 3.76. The van der Waals surface area contributed by atoms with E-state index in [1.165, 1.54) is 6.08 Å². The number of hydrogen-bond acceptors (Lipinski definition) is 7. The molecule has 0 aliphatic carbocycles. The summed E-state index contributed by atoms with van der Waals surface area (Å²) in [5.74, 6) is -0.530. The van der Waals surface area contributed by atoms with Crippen molar-refractivity contribution >= 4 is 36.7 Å². The number of aliphatic hydroxyl groups is 1. The highest BCUT2D eigenvalue weighted by molar-refractivity contribution is 7.86. The number of rotatable bonds is 5. The SMILES string of the molecule is O=S(=O)(O)c1cc(O)c2c(NCC=CO)cc(S(=O)(=O)O)cc2c1.